The second-order valence-corrected chi connectivity index (χ2v) is 1.67. The first-order chi connectivity index (χ1) is 4.72. The highest BCUT2D eigenvalue weighted by atomic mass is 16.3. The van der Waals surface area contributed by atoms with Crippen LogP contribution in [0.5, 0.6) is 0 Å². The van der Waals surface area contributed by atoms with E-state index in [4.69, 9.17) is 10.8 Å². The van der Waals surface area contributed by atoms with Crippen LogP contribution in [0.2, 0.25) is 0 Å². The van der Waals surface area contributed by atoms with E-state index >= 15 is 0 Å². The maximum Gasteiger partial charge on any atom is 0.244 e. The molecule has 0 bridgehead atoms. The molecule has 3 N–H and O–H groups in total. The number of aliphatic hydroxyl groups is 1. The third-order valence-corrected chi connectivity index (χ3v) is 0.967. The Bertz CT molecular complexity index is 162. The standard InChI is InChI=1S/C6H9NO3/c7-6(10)5(1-3-8)2-4-9/h1,3,9H,2,4H2,(H2,7,10). The number of rotatable bonds is 4. The summed E-state index contributed by atoms with van der Waals surface area (Å²) in [6.45, 7) is -0.178. The molecule has 0 fully saturated rings. The van der Waals surface area contributed by atoms with Crippen molar-refractivity contribution in [2.75, 3.05) is 6.61 Å². The fraction of sp³-hybridized carbons (Fsp3) is 0.333. The number of hydrogen-bond donors (Lipinski definition) is 2. The molecule has 4 nitrogen and oxygen atoms in total. The molecule has 0 aromatic heterocycles. The first-order valence-corrected chi connectivity index (χ1v) is 2.77. The predicted molar refractivity (Wildman–Crippen MR) is 35.0 cm³/mol. The summed E-state index contributed by atoms with van der Waals surface area (Å²) in [6.07, 6.45) is 1.66. The highest BCUT2D eigenvalue weighted by molar-refractivity contribution is 5.95. The second kappa shape index (κ2) is 4.69. The lowest BCUT2D eigenvalue weighted by atomic mass is 10.2. The molecule has 0 saturated carbocycles. The van der Waals surface area contributed by atoms with Gasteiger partial charge >= 0.3 is 0 Å². The Morgan fingerprint density at radius 1 is 1.60 bits per heavy atom. The summed E-state index contributed by atoms with van der Waals surface area (Å²) in [5.74, 6) is -0.666. The zero-order chi connectivity index (χ0) is 7.98. The zero-order valence-corrected chi connectivity index (χ0v) is 5.41. The van der Waals surface area contributed by atoms with E-state index in [1.54, 1.807) is 0 Å². The zero-order valence-electron chi connectivity index (χ0n) is 5.41. The summed E-state index contributed by atoms with van der Waals surface area (Å²) in [4.78, 5) is 20.2. The number of carbonyl (C=O) groups is 2. The van der Waals surface area contributed by atoms with Crippen LogP contribution in [0.3, 0.4) is 0 Å². The second-order valence-electron chi connectivity index (χ2n) is 1.67. The van der Waals surface area contributed by atoms with Crippen molar-refractivity contribution in [1.82, 2.24) is 0 Å². The molecule has 0 spiro atoms. The average Bonchev–Trinajstić information content (AvgIpc) is 1.87. The van der Waals surface area contributed by atoms with Gasteiger partial charge in [0, 0.05) is 18.6 Å². The van der Waals surface area contributed by atoms with E-state index in [1.165, 1.54) is 0 Å². The number of allylic oxidation sites excluding steroid dienone is 1. The van der Waals surface area contributed by atoms with Gasteiger partial charge in [0.15, 0.2) is 0 Å². The Kier molecular flexibility index (Phi) is 4.15. The van der Waals surface area contributed by atoms with Crippen molar-refractivity contribution in [2.24, 2.45) is 5.73 Å². The van der Waals surface area contributed by atoms with Crippen LogP contribution < -0.4 is 5.73 Å². The number of aldehydes is 1. The van der Waals surface area contributed by atoms with Crippen LogP contribution in [-0.4, -0.2) is 23.9 Å². The Labute approximate surface area is 58.3 Å². The summed E-state index contributed by atoms with van der Waals surface area (Å²) >= 11 is 0. The van der Waals surface area contributed by atoms with Gasteiger partial charge in [-0.1, -0.05) is 0 Å². The molecule has 0 aliphatic rings. The van der Waals surface area contributed by atoms with Crippen LogP contribution in [0, 0.1) is 0 Å². The van der Waals surface area contributed by atoms with Crippen molar-refractivity contribution in [3.05, 3.63) is 11.6 Å². The minimum atomic E-state index is -0.666. The summed E-state index contributed by atoms with van der Waals surface area (Å²) in [5, 5.41) is 8.35. The molecule has 0 aromatic carbocycles. The van der Waals surface area contributed by atoms with Gasteiger partial charge in [-0.2, -0.15) is 0 Å². The Balaban J connectivity index is 4.11. The van der Waals surface area contributed by atoms with Crippen LogP contribution in [0.1, 0.15) is 6.42 Å². The third kappa shape index (κ3) is 2.99. The highest BCUT2D eigenvalue weighted by Crippen LogP contribution is 1.96. The molecule has 0 aliphatic heterocycles. The normalized spacial score (nSPS) is 11.1. The fourth-order valence-corrected chi connectivity index (χ4v) is 0.491. The van der Waals surface area contributed by atoms with Gasteiger partial charge in [-0.05, 0) is 6.08 Å². The lowest BCUT2D eigenvalue weighted by Crippen LogP contribution is -2.15. The number of primary amides is 1. The molecule has 0 saturated heterocycles. The largest absolute Gasteiger partial charge is 0.396 e. The van der Waals surface area contributed by atoms with Gasteiger partial charge < -0.3 is 10.8 Å². The minimum absolute atomic E-state index is 0.133. The molecule has 0 heterocycles. The molecule has 4 heteroatoms. The van der Waals surface area contributed by atoms with Crippen LogP contribution in [0.25, 0.3) is 0 Å². The molecule has 0 rings (SSSR count). The number of hydrogen-bond acceptors (Lipinski definition) is 3. The van der Waals surface area contributed by atoms with E-state index in [0.717, 1.165) is 6.08 Å². The van der Waals surface area contributed by atoms with Gasteiger partial charge in [0.1, 0.15) is 6.29 Å². The molecule has 0 atom stereocenters. The molecule has 56 valence electrons. The molecular formula is C6H9NO3. The Morgan fingerprint density at radius 3 is 2.50 bits per heavy atom. The third-order valence-electron chi connectivity index (χ3n) is 0.967. The van der Waals surface area contributed by atoms with Gasteiger partial charge in [0.05, 0.1) is 0 Å². The van der Waals surface area contributed by atoms with E-state index in [2.05, 4.69) is 0 Å². The first kappa shape index (κ1) is 8.84. The summed E-state index contributed by atoms with van der Waals surface area (Å²) in [6, 6.07) is 0. The van der Waals surface area contributed by atoms with E-state index in [-0.39, 0.29) is 18.6 Å². The Hall–Kier alpha value is -1.16. The van der Waals surface area contributed by atoms with Crippen LogP contribution in [-0.2, 0) is 9.59 Å². The van der Waals surface area contributed by atoms with Crippen molar-refractivity contribution < 1.29 is 14.7 Å². The van der Waals surface area contributed by atoms with E-state index in [0.29, 0.717) is 6.29 Å². The molecule has 0 radical (unpaired) electrons. The van der Waals surface area contributed by atoms with Crippen LogP contribution >= 0.6 is 0 Å². The van der Waals surface area contributed by atoms with Gasteiger partial charge in [-0.15, -0.1) is 0 Å². The quantitative estimate of drug-likeness (QED) is 0.390. The molecular weight excluding hydrogens is 134 g/mol. The number of amides is 1. The van der Waals surface area contributed by atoms with Gasteiger partial charge in [-0.3, -0.25) is 9.59 Å². The van der Waals surface area contributed by atoms with Crippen molar-refractivity contribution in [1.29, 1.82) is 0 Å². The van der Waals surface area contributed by atoms with E-state index in [1.807, 2.05) is 0 Å². The fourth-order valence-electron chi connectivity index (χ4n) is 0.491. The van der Waals surface area contributed by atoms with Gasteiger partial charge in [0.25, 0.3) is 0 Å². The van der Waals surface area contributed by atoms with E-state index in [9.17, 15) is 9.59 Å². The topological polar surface area (TPSA) is 80.4 Å². The predicted octanol–water partition coefficient (Wildman–Crippen LogP) is -1.02. The van der Waals surface area contributed by atoms with Crippen molar-refractivity contribution in [3.63, 3.8) is 0 Å². The van der Waals surface area contributed by atoms with E-state index < -0.39 is 5.91 Å². The summed E-state index contributed by atoms with van der Waals surface area (Å²) in [7, 11) is 0. The highest BCUT2D eigenvalue weighted by Gasteiger charge is 2.01. The smallest absolute Gasteiger partial charge is 0.244 e. The molecule has 0 unspecified atom stereocenters. The van der Waals surface area contributed by atoms with Crippen LogP contribution in [0.4, 0.5) is 0 Å². The number of nitrogens with two attached hydrogens (primary N) is 1. The maximum absolute atomic E-state index is 10.4. The molecule has 0 aromatic rings. The lowest BCUT2D eigenvalue weighted by molar-refractivity contribution is -0.115. The first-order valence-electron chi connectivity index (χ1n) is 2.77. The number of aliphatic hydroxyl groups excluding tert-OH is 1. The SMILES string of the molecule is NC(=O)C(=CC=O)CCO. The average molecular weight is 143 g/mol. The van der Waals surface area contributed by atoms with Crippen molar-refractivity contribution in [3.8, 4) is 0 Å². The maximum atomic E-state index is 10.4. The number of carbonyl (C=O) groups excluding carboxylic acids is 2. The lowest BCUT2D eigenvalue weighted by Gasteiger charge is -1.95. The molecule has 10 heavy (non-hydrogen) atoms. The van der Waals surface area contributed by atoms with Crippen molar-refractivity contribution >= 4 is 12.2 Å². The van der Waals surface area contributed by atoms with Crippen molar-refractivity contribution in [2.45, 2.75) is 6.42 Å². The monoisotopic (exact) mass is 143 g/mol. The summed E-state index contributed by atoms with van der Waals surface area (Å²) < 4.78 is 0. The van der Waals surface area contributed by atoms with Gasteiger partial charge in [0.2, 0.25) is 5.91 Å². The minimum Gasteiger partial charge on any atom is -0.396 e. The molecule has 0 aliphatic carbocycles. The van der Waals surface area contributed by atoms with Crippen LogP contribution in [0.15, 0.2) is 11.6 Å². The molecule has 1 amide bonds. The summed E-state index contributed by atoms with van der Waals surface area (Å²) in [5.41, 5.74) is 4.98. The Morgan fingerprint density at radius 2 is 2.20 bits per heavy atom. The van der Waals surface area contributed by atoms with Gasteiger partial charge in [-0.25, -0.2) is 0 Å².